The largest absolute Gasteiger partial charge is 0.476 e. The van der Waals surface area contributed by atoms with E-state index in [0.717, 1.165) is 12.8 Å². The van der Waals surface area contributed by atoms with Crippen molar-refractivity contribution in [2.75, 3.05) is 23.9 Å². The van der Waals surface area contributed by atoms with Crippen LogP contribution in [0.15, 0.2) is 18.2 Å². The number of esters is 1. The summed E-state index contributed by atoms with van der Waals surface area (Å²) in [5.74, 6) is -0.884. The lowest BCUT2D eigenvalue weighted by Gasteiger charge is -2.38. The number of Topliss-reactive ketones (excluding diaryl/α,β-unsaturated/α-hetero) is 1. The van der Waals surface area contributed by atoms with Gasteiger partial charge in [0.2, 0.25) is 0 Å². The molecule has 1 heterocycles. The van der Waals surface area contributed by atoms with Crippen LogP contribution in [0.4, 0.5) is 5.69 Å². The zero-order chi connectivity index (χ0) is 18.6. The Morgan fingerprint density at radius 1 is 1.32 bits per heavy atom. The van der Waals surface area contributed by atoms with Crippen molar-refractivity contribution < 1.29 is 23.9 Å². The van der Waals surface area contributed by atoms with Gasteiger partial charge in [0.25, 0.3) is 5.91 Å². The lowest BCUT2D eigenvalue weighted by molar-refractivity contribution is -0.144. The molecular formula is C18H22ClNO5. The predicted octanol–water partition coefficient (Wildman–Crippen LogP) is 2.96. The lowest BCUT2D eigenvalue weighted by atomic mass is 10.0. The maximum atomic E-state index is 12.7. The Bertz CT molecular complexity index is 686. The molecule has 0 N–H and O–H groups in total. The van der Waals surface area contributed by atoms with E-state index in [4.69, 9.17) is 21.1 Å². The van der Waals surface area contributed by atoms with Crippen molar-refractivity contribution in [3.8, 4) is 5.75 Å². The second-order valence-electron chi connectivity index (χ2n) is 6.32. The molecule has 0 spiro atoms. The van der Waals surface area contributed by atoms with Crippen molar-refractivity contribution >= 4 is 34.9 Å². The summed E-state index contributed by atoms with van der Waals surface area (Å²) in [5.41, 5.74) is -0.392. The highest BCUT2D eigenvalue weighted by atomic mass is 35.5. The van der Waals surface area contributed by atoms with Gasteiger partial charge in [-0.15, -0.1) is 11.6 Å². The van der Waals surface area contributed by atoms with E-state index in [2.05, 4.69) is 0 Å². The van der Waals surface area contributed by atoms with E-state index in [1.807, 2.05) is 6.92 Å². The predicted molar refractivity (Wildman–Crippen MR) is 94.4 cm³/mol. The van der Waals surface area contributed by atoms with Crippen molar-refractivity contribution in [3.63, 3.8) is 0 Å². The molecule has 0 atom stereocenters. The average molecular weight is 368 g/mol. The first kappa shape index (κ1) is 19.2. The molecule has 6 nitrogen and oxygen atoms in total. The number of amides is 1. The number of hydrogen-bond acceptors (Lipinski definition) is 5. The van der Waals surface area contributed by atoms with Crippen molar-refractivity contribution in [3.05, 3.63) is 23.8 Å². The van der Waals surface area contributed by atoms with Crippen molar-refractivity contribution in [2.45, 2.75) is 39.2 Å². The van der Waals surface area contributed by atoms with Crippen LogP contribution >= 0.6 is 11.6 Å². The third-order valence-electron chi connectivity index (χ3n) is 3.87. The molecule has 1 aromatic carbocycles. The molecule has 1 aromatic rings. The van der Waals surface area contributed by atoms with Gasteiger partial charge in [0.05, 0.1) is 18.2 Å². The standard InChI is InChI=1S/C18H22ClNO5/c1-4-5-8-24-16(22)11-20-13-9-12(14(21)10-19)6-7-15(13)25-18(2,3)17(20)23/h6-7,9H,4-5,8,10-11H2,1-3H3. The number of anilines is 1. The molecule has 0 aliphatic carbocycles. The number of fused-ring (bicyclic) bond motifs is 1. The first-order valence-corrected chi connectivity index (χ1v) is 8.73. The Labute approximate surface area is 152 Å². The van der Waals surface area contributed by atoms with Gasteiger partial charge in [0.15, 0.2) is 11.4 Å². The molecule has 0 saturated heterocycles. The second-order valence-corrected chi connectivity index (χ2v) is 6.58. The van der Waals surface area contributed by atoms with Crippen LogP contribution in [0.25, 0.3) is 0 Å². The molecule has 0 bridgehead atoms. The fraction of sp³-hybridized carbons (Fsp3) is 0.500. The number of unbranched alkanes of at least 4 members (excludes halogenated alkanes) is 1. The van der Waals surface area contributed by atoms with Gasteiger partial charge in [-0.05, 0) is 38.5 Å². The topological polar surface area (TPSA) is 72.9 Å². The number of alkyl halides is 1. The zero-order valence-electron chi connectivity index (χ0n) is 14.6. The fourth-order valence-corrected chi connectivity index (χ4v) is 2.63. The summed E-state index contributed by atoms with van der Waals surface area (Å²) in [6.07, 6.45) is 1.67. The fourth-order valence-electron chi connectivity index (χ4n) is 2.48. The van der Waals surface area contributed by atoms with Gasteiger partial charge in [0, 0.05) is 5.56 Å². The van der Waals surface area contributed by atoms with Crippen LogP contribution in [0.3, 0.4) is 0 Å². The quantitative estimate of drug-likeness (QED) is 0.320. The molecule has 7 heteroatoms. The zero-order valence-corrected chi connectivity index (χ0v) is 15.4. The van der Waals surface area contributed by atoms with E-state index in [1.54, 1.807) is 26.0 Å². The highest BCUT2D eigenvalue weighted by Crippen LogP contribution is 2.38. The van der Waals surface area contributed by atoms with Gasteiger partial charge in [-0.25, -0.2) is 0 Å². The van der Waals surface area contributed by atoms with E-state index < -0.39 is 11.6 Å². The molecule has 0 aromatic heterocycles. The summed E-state index contributed by atoms with van der Waals surface area (Å²) in [7, 11) is 0. The second kappa shape index (κ2) is 7.87. The lowest BCUT2D eigenvalue weighted by Crippen LogP contribution is -2.54. The first-order chi connectivity index (χ1) is 11.8. The van der Waals surface area contributed by atoms with E-state index in [0.29, 0.717) is 23.6 Å². The third kappa shape index (κ3) is 4.31. The number of nitrogens with zero attached hydrogens (tertiary/aromatic N) is 1. The van der Waals surface area contributed by atoms with Crippen LogP contribution in [-0.4, -0.2) is 42.3 Å². The number of ether oxygens (including phenoxy) is 2. The minimum atomic E-state index is -1.12. The number of benzene rings is 1. The normalized spacial score (nSPS) is 15.4. The number of carbonyl (C=O) groups excluding carboxylic acids is 3. The smallest absolute Gasteiger partial charge is 0.326 e. The average Bonchev–Trinajstić information content (AvgIpc) is 2.58. The molecule has 2 rings (SSSR count). The highest BCUT2D eigenvalue weighted by Gasteiger charge is 2.42. The first-order valence-electron chi connectivity index (χ1n) is 8.20. The van der Waals surface area contributed by atoms with Gasteiger partial charge in [-0.3, -0.25) is 19.3 Å². The Kier molecular flexibility index (Phi) is 6.06. The molecule has 1 aliphatic heterocycles. The number of carbonyl (C=O) groups is 3. The summed E-state index contributed by atoms with van der Waals surface area (Å²) in [4.78, 5) is 37.9. The van der Waals surface area contributed by atoms with Gasteiger partial charge in [0.1, 0.15) is 12.3 Å². The summed E-state index contributed by atoms with van der Waals surface area (Å²) < 4.78 is 10.9. The molecule has 1 amide bonds. The van der Waals surface area contributed by atoms with E-state index in [9.17, 15) is 14.4 Å². The van der Waals surface area contributed by atoms with Crippen LogP contribution in [0.1, 0.15) is 44.0 Å². The third-order valence-corrected chi connectivity index (χ3v) is 4.11. The molecule has 1 aliphatic rings. The number of halogens is 1. The summed E-state index contributed by atoms with van der Waals surface area (Å²) >= 11 is 5.60. The minimum Gasteiger partial charge on any atom is -0.476 e. The maximum Gasteiger partial charge on any atom is 0.326 e. The summed E-state index contributed by atoms with van der Waals surface area (Å²) in [6, 6.07) is 4.72. The van der Waals surface area contributed by atoms with Gasteiger partial charge < -0.3 is 9.47 Å². The number of hydrogen-bond donors (Lipinski definition) is 0. The van der Waals surface area contributed by atoms with Crippen molar-refractivity contribution in [2.24, 2.45) is 0 Å². The van der Waals surface area contributed by atoms with E-state index in [1.165, 1.54) is 11.0 Å². The van der Waals surface area contributed by atoms with Gasteiger partial charge in [-0.1, -0.05) is 13.3 Å². The molecule has 0 radical (unpaired) electrons. The minimum absolute atomic E-state index is 0.169. The van der Waals surface area contributed by atoms with Crippen molar-refractivity contribution in [1.82, 2.24) is 0 Å². The molecule has 136 valence electrons. The van der Waals surface area contributed by atoms with Crippen LogP contribution in [0, 0.1) is 0 Å². The number of ketones is 1. The van der Waals surface area contributed by atoms with Crippen LogP contribution in [0.5, 0.6) is 5.75 Å². The monoisotopic (exact) mass is 367 g/mol. The summed E-state index contributed by atoms with van der Waals surface area (Å²) in [5, 5.41) is 0. The van der Waals surface area contributed by atoms with Gasteiger partial charge >= 0.3 is 5.97 Å². The Hall–Kier alpha value is -2.08. The highest BCUT2D eigenvalue weighted by molar-refractivity contribution is 6.30. The maximum absolute atomic E-state index is 12.7. The van der Waals surface area contributed by atoms with Crippen LogP contribution < -0.4 is 9.64 Å². The Morgan fingerprint density at radius 3 is 2.68 bits per heavy atom. The molecule has 0 saturated carbocycles. The van der Waals surface area contributed by atoms with Crippen LogP contribution in [-0.2, 0) is 14.3 Å². The van der Waals surface area contributed by atoms with Crippen LogP contribution in [0.2, 0.25) is 0 Å². The van der Waals surface area contributed by atoms with E-state index >= 15 is 0 Å². The van der Waals surface area contributed by atoms with Crippen molar-refractivity contribution in [1.29, 1.82) is 0 Å². The number of rotatable bonds is 7. The van der Waals surface area contributed by atoms with E-state index in [-0.39, 0.29) is 24.1 Å². The summed E-state index contributed by atoms with van der Waals surface area (Å²) in [6.45, 7) is 5.33. The van der Waals surface area contributed by atoms with Gasteiger partial charge in [-0.2, -0.15) is 0 Å². The SMILES string of the molecule is CCCCOC(=O)CN1C(=O)C(C)(C)Oc2ccc(C(=O)CCl)cc21. The molecule has 0 unspecified atom stereocenters. The molecule has 25 heavy (non-hydrogen) atoms. The Morgan fingerprint density at radius 2 is 2.04 bits per heavy atom. The Balaban J connectivity index is 2.32. The molecular weight excluding hydrogens is 346 g/mol. The molecule has 0 fully saturated rings.